The molecule has 1 amide bonds. The van der Waals surface area contributed by atoms with Crippen LogP contribution in [-0.4, -0.2) is 31.0 Å². The Labute approximate surface area is 170 Å². The molecule has 1 fully saturated rings. The van der Waals surface area contributed by atoms with Gasteiger partial charge in [-0.05, 0) is 25.0 Å². The number of methoxy groups -OCH3 is 1. The molecule has 1 saturated carbocycles. The van der Waals surface area contributed by atoms with Crippen LogP contribution < -0.4 is 15.4 Å². The number of nitrogens with zero attached hydrogens (tertiary/aromatic N) is 1. The molecule has 1 aliphatic carbocycles. The Balaban J connectivity index is 1.57. The van der Waals surface area contributed by atoms with Crippen molar-refractivity contribution in [1.82, 2.24) is 5.32 Å². The summed E-state index contributed by atoms with van der Waals surface area (Å²) in [5.41, 5.74) is 1.48. The van der Waals surface area contributed by atoms with Crippen molar-refractivity contribution in [2.45, 2.75) is 37.5 Å². The Morgan fingerprint density at radius 2 is 1.83 bits per heavy atom. The van der Waals surface area contributed by atoms with Gasteiger partial charge in [0.1, 0.15) is 11.4 Å². The summed E-state index contributed by atoms with van der Waals surface area (Å²) in [6.45, 7) is 0.899. The van der Waals surface area contributed by atoms with E-state index >= 15 is 0 Å². The molecule has 2 N–H and O–H groups in total. The lowest BCUT2D eigenvalue weighted by molar-refractivity contribution is -0.384. The highest BCUT2D eigenvalue weighted by Crippen LogP contribution is 2.44. The molecule has 0 heterocycles. The second-order valence-corrected chi connectivity index (χ2v) is 7.42. The van der Waals surface area contributed by atoms with Crippen LogP contribution in [0.15, 0.2) is 48.5 Å². The van der Waals surface area contributed by atoms with E-state index in [0.717, 1.165) is 37.0 Å². The monoisotopic (exact) mass is 397 g/mol. The Kier molecular flexibility index (Phi) is 6.69. The van der Waals surface area contributed by atoms with E-state index in [1.54, 1.807) is 25.3 Å². The molecule has 0 bridgehead atoms. The van der Waals surface area contributed by atoms with E-state index < -0.39 is 4.92 Å². The Bertz CT molecular complexity index is 863. The van der Waals surface area contributed by atoms with Crippen molar-refractivity contribution in [2.24, 2.45) is 0 Å². The number of rotatable bonds is 9. The highest BCUT2D eigenvalue weighted by atomic mass is 16.6. The molecular formula is C22H27N3O4. The van der Waals surface area contributed by atoms with Gasteiger partial charge in [0.25, 0.3) is 5.69 Å². The first kappa shape index (κ1) is 20.6. The molecule has 2 aromatic rings. The summed E-state index contributed by atoms with van der Waals surface area (Å²) in [6.07, 6.45) is 4.54. The van der Waals surface area contributed by atoms with Crippen LogP contribution in [0.4, 0.5) is 11.4 Å². The summed E-state index contributed by atoms with van der Waals surface area (Å²) < 4.78 is 5.56. The first-order chi connectivity index (χ1) is 14.1. The molecule has 0 unspecified atom stereocenters. The van der Waals surface area contributed by atoms with Crippen LogP contribution in [0, 0.1) is 10.1 Å². The zero-order valence-electron chi connectivity index (χ0n) is 16.6. The van der Waals surface area contributed by atoms with Gasteiger partial charge < -0.3 is 15.4 Å². The van der Waals surface area contributed by atoms with Gasteiger partial charge in [-0.15, -0.1) is 0 Å². The van der Waals surface area contributed by atoms with Crippen molar-refractivity contribution < 1.29 is 14.5 Å². The quantitative estimate of drug-likeness (QED) is 0.492. The number of amides is 1. The number of carbonyl (C=O) groups excluding carboxylic acids is 1. The SMILES string of the molecule is COc1ccccc1C1(CNC(=O)CCNc2ccccc2[N+](=O)[O-])CCCC1. The van der Waals surface area contributed by atoms with Gasteiger partial charge in [-0.1, -0.05) is 43.2 Å². The number of ether oxygens (including phenoxy) is 1. The molecule has 7 heteroatoms. The van der Waals surface area contributed by atoms with Gasteiger partial charge in [0.2, 0.25) is 5.91 Å². The topological polar surface area (TPSA) is 93.5 Å². The molecule has 0 spiro atoms. The number of nitro groups is 1. The molecule has 1 aliphatic rings. The van der Waals surface area contributed by atoms with Gasteiger partial charge in [-0.2, -0.15) is 0 Å². The summed E-state index contributed by atoms with van der Waals surface area (Å²) >= 11 is 0. The van der Waals surface area contributed by atoms with E-state index in [9.17, 15) is 14.9 Å². The van der Waals surface area contributed by atoms with Crippen LogP contribution in [0.5, 0.6) is 5.75 Å². The molecule has 0 aliphatic heterocycles. The van der Waals surface area contributed by atoms with E-state index in [1.807, 2.05) is 18.2 Å². The minimum absolute atomic E-state index is 0.00832. The van der Waals surface area contributed by atoms with Crippen LogP contribution in [0.2, 0.25) is 0 Å². The summed E-state index contributed by atoms with van der Waals surface area (Å²) in [4.78, 5) is 23.1. The highest BCUT2D eigenvalue weighted by molar-refractivity contribution is 5.77. The van der Waals surface area contributed by atoms with Gasteiger partial charge in [-0.3, -0.25) is 14.9 Å². The first-order valence-corrected chi connectivity index (χ1v) is 9.93. The summed E-state index contributed by atoms with van der Waals surface area (Å²) in [7, 11) is 1.68. The number of nitrogens with one attached hydrogen (secondary N) is 2. The Morgan fingerprint density at radius 1 is 1.14 bits per heavy atom. The second-order valence-electron chi connectivity index (χ2n) is 7.42. The van der Waals surface area contributed by atoms with Gasteiger partial charge in [0.15, 0.2) is 0 Å². The molecule has 0 aromatic heterocycles. The van der Waals surface area contributed by atoms with Crippen molar-refractivity contribution >= 4 is 17.3 Å². The van der Waals surface area contributed by atoms with E-state index in [-0.39, 0.29) is 23.4 Å². The minimum atomic E-state index is -0.431. The molecule has 0 atom stereocenters. The molecule has 3 rings (SSSR count). The predicted molar refractivity (Wildman–Crippen MR) is 112 cm³/mol. The fourth-order valence-electron chi connectivity index (χ4n) is 4.13. The molecule has 0 saturated heterocycles. The summed E-state index contributed by atoms with van der Waals surface area (Å²) in [5, 5.41) is 17.1. The number of benzene rings is 2. The van der Waals surface area contributed by atoms with Crippen LogP contribution in [-0.2, 0) is 10.2 Å². The number of nitro benzene ring substituents is 1. The fourth-order valence-corrected chi connectivity index (χ4v) is 4.13. The van der Waals surface area contributed by atoms with Gasteiger partial charge in [0, 0.05) is 36.6 Å². The number of carbonyl (C=O) groups is 1. The third kappa shape index (κ3) is 4.85. The largest absolute Gasteiger partial charge is 0.496 e. The molecule has 154 valence electrons. The van der Waals surface area contributed by atoms with Gasteiger partial charge in [0.05, 0.1) is 12.0 Å². The number of hydrogen-bond donors (Lipinski definition) is 2. The average Bonchev–Trinajstić information content (AvgIpc) is 3.22. The lowest BCUT2D eigenvalue weighted by Gasteiger charge is -2.31. The summed E-state index contributed by atoms with van der Waals surface area (Å²) in [6, 6.07) is 14.5. The van der Waals surface area contributed by atoms with Crippen molar-refractivity contribution in [2.75, 3.05) is 25.5 Å². The maximum Gasteiger partial charge on any atom is 0.292 e. The lowest BCUT2D eigenvalue weighted by Crippen LogP contribution is -2.39. The number of anilines is 1. The van der Waals surface area contributed by atoms with Crippen molar-refractivity contribution in [3.8, 4) is 5.75 Å². The molecule has 0 radical (unpaired) electrons. The maximum absolute atomic E-state index is 12.4. The van der Waals surface area contributed by atoms with E-state index in [0.29, 0.717) is 18.8 Å². The zero-order valence-corrected chi connectivity index (χ0v) is 16.6. The Hall–Kier alpha value is -3.09. The molecular weight excluding hydrogens is 370 g/mol. The zero-order chi connectivity index (χ0) is 20.7. The van der Waals surface area contributed by atoms with Crippen LogP contribution >= 0.6 is 0 Å². The van der Waals surface area contributed by atoms with Crippen molar-refractivity contribution in [3.05, 3.63) is 64.2 Å². The van der Waals surface area contributed by atoms with Crippen LogP contribution in [0.3, 0.4) is 0 Å². The fraction of sp³-hybridized carbons (Fsp3) is 0.409. The normalized spacial score (nSPS) is 14.9. The standard InChI is InChI=1S/C22H27N3O4/c1-29-20-11-5-2-8-17(20)22(13-6-7-14-22)16-24-21(26)12-15-23-18-9-3-4-10-19(18)25(27)28/h2-5,8-11,23H,6-7,12-16H2,1H3,(H,24,26). The average molecular weight is 397 g/mol. The molecule has 2 aromatic carbocycles. The Morgan fingerprint density at radius 3 is 2.55 bits per heavy atom. The highest BCUT2D eigenvalue weighted by Gasteiger charge is 2.37. The smallest absolute Gasteiger partial charge is 0.292 e. The summed E-state index contributed by atoms with van der Waals surface area (Å²) in [5.74, 6) is 0.791. The maximum atomic E-state index is 12.4. The van der Waals surface area contributed by atoms with Crippen molar-refractivity contribution in [1.29, 1.82) is 0 Å². The van der Waals surface area contributed by atoms with Crippen LogP contribution in [0.25, 0.3) is 0 Å². The predicted octanol–water partition coefficient (Wildman–Crippen LogP) is 4.03. The minimum Gasteiger partial charge on any atom is -0.496 e. The second kappa shape index (κ2) is 9.41. The first-order valence-electron chi connectivity index (χ1n) is 9.93. The third-order valence-electron chi connectivity index (χ3n) is 5.63. The number of para-hydroxylation sites is 3. The third-order valence-corrected chi connectivity index (χ3v) is 5.63. The van der Waals surface area contributed by atoms with Crippen LogP contribution in [0.1, 0.15) is 37.7 Å². The van der Waals surface area contributed by atoms with E-state index in [4.69, 9.17) is 4.74 Å². The van der Waals surface area contributed by atoms with E-state index in [1.165, 1.54) is 6.07 Å². The molecule has 7 nitrogen and oxygen atoms in total. The van der Waals surface area contributed by atoms with Gasteiger partial charge in [-0.25, -0.2) is 0 Å². The van der Waals surface area contributed by atoms with E-state index in [2.05, 4.69) is 16.7 Å². The lowest BCUT2D eigenvalue weighted by atomic mass is 9.78. The number of hydrogen-bond acceptors (Lipinski definition) is 5. The van der Waals surface area contributed by atoms with Crippen molar-refractivity contribution in [3.63, 3.8) is 0 Å². The van der Waals surface area contributed by atoms with Gasteiger partial charge >= 0.3 is 0 Å². The molecule has 29 heavy (non-hydrogen) atoms.